The summed E-state index contributed by atoms with van der Waals surface area (Å²) in [5.41, 5.74) is 2.80. The summed E-state index contributed by atoms with van der Waals surface area (Å²) in [4.78, 5) is 0. The van der Waals surface area contributed by atoms with E-state index in [4.69, 9.17) is 4.74 Å². The molecule has 0 spiro atoms. The molecule has 3 aromatic carbocycles. The summed E-state index contributed by atoms with van der Waals surface area (Å²) in [6.45, 7) is 3.88. The fourth-order valence-corrected chi connectivity index (χ4v) is 5.38. The molecule has 7 heteroatoms. The van der Waals surface area contributed by atoms with Crippen molar-refractivity contribution in [3.8, 4) is 28.4 Å². The lowest BCUT2D eigenvalue weighted by molar-refractivity contribution is -0.274. The Labute approximate surface area is 220 Å². The molecule has 0 amide bonds. The molecule has 38 heavy (non-hydrogen) atoms. The van der Waals surface area contributed by atoms with Crippen LogP contribution in [0.1, 0.15) is 63.0 Å². The predicted octanol–water partition coefficient (Wildman–Crippen LogP) is 10.2. The van der Waals surface area contributed by atoms with E-state index >= 15 is 0 Å². The number of rotatable bonds is 9. The van der Waals surface area contributed by atoms with Crippen molar-refractivity contribution in [1.29, 1.82) is 0 Å². The third-order valence-electron chi connectivity index (χ3n) is 7.47. The molecule has 0 unspecified atom stereocenters. The second-order valence-electron chi connectivity index (χ2n) is 10.2. The van der Waals surface area contributed by atoms with Gasteiger partial charge in [-0.25, -0.2) is 4.39 Å². The van der Waals surface area contributed by atoms with Crippen molar-refractivity contribution in [2.75, 3.05) is 0 Å². The van der Waals surface area contributed by atoms with Crippen LogP contribution in [0.4, 0.5) is 22.0 Å². The van der Waals surface area contributed by atoms with Crippen LogP contribution in [0.15, 0.2) is 54.6 Å². The zero-order valence-electron chi connectivity index (χ0n) is 21.7. The molecule has 0 saturated heterocycles. The number of hydrogen-bond acceptors (Lipinski definition) is 2. The molecule has 0 aliphatic heterocycles. The van der Waals surface area contributed by atoms with E-state index in [-0.39, 0.29) is 11.5 Å². The van der Waals surface area contributed by atoms with Gasteiger partial charge in [-0.3, -0.25) is 0 Å². The summed E-state index contributed by atoms with van der Waals surface area (Å²) < 4.78 is 75.8. The van der Waals surface area contributed by atoms with Gasteiger partial charge in [0.1, 0.15) is 11.5 Å². The maximum absolute atomic E-state index is 14.7. The third-order valence-corrected chi connectivity index (χ3v) is 7.47. The first-order valence-electron chi connectivity index (χ1n) is 13.2. The van der Waals surface area contributed by atoms with Crippen LogP contribution < -0.4 is 9.47 Å². The van der Waals surface area contributed by atoms with Crippen molar-refractivity contribution in [3.63, 3.8) is 0 Å². The second-order valence-corrected chi connectivity index (χ2v) is 10.2. The largest absolute Gasteiger partial charge is 0.573 e. The van der Waals surface area contributed by atoms with Crippen LogP contribution in [-0.2, 0) is 6.42 Å². The quantitative estimate of drug-likeness (QED) is 0.255. The van der Waals surface area contributed by atoms with Crippen molar-refractivity contribution >= 4 is 0 Å². The van der Waals surface area contributed by atoms with Crippen LogP contribution >= 0.6 is 0 Å². The lowest BCUT2D eigenvalue weighted by Gasteiger charge is -2.28. The van der Waals surface area contributed by atoms with Crippen LogP contribution in [0, 0.1) is 30.4 Å². The first-order chi connectivity index (χ1) is 18.1. The average molecular weight is 533 g/mol. The fourth-order valence-electron chi connectivity index (χ4n) is 5.38. The lowest BCUT2D eigenvalue weighted by Crippen LogP contribution is -2.16. The summed E-state index contributed by atoms with van der Waals surface area (Å²) >= 11 is 0. The molecule has 0 bridgehead atoms. The molecule has 2 nitrogen and oxygen atoms in total. The van der Waals surface area contributed by atoms with E-state index in [1.807, 2.05) is 24.3 Å². The van der Waals surface area contributed by atoms with Gasteiger partial charge in [0.25, 0.3) is 0 Å². The Hall–Kier alpha value is -3.09. The molecule has 0 atom stereocenters. The van der Waals surface area contributed by atoms with Crippen molar-refractivity contribution in [2.45, 2.75) is 71.6 Å². The highest BCUT2D eigenvalue weighted by atomic mass is 19.4. The van der Waals surface area contributed by atoms with E-state index in [0.717, 1.165) is 48.4 Å². The van der Waals surface area contributed by atoms with Gasteiger partial charge in [-0.15, -0.1) is 13.2 Å². The van der Waals surface area contributed by atoms with Crippen LogP contribution in [0.5, 0.6) is 17.2 Å². The van der Waals surface area contributed by atoms with Gasteiger partial charge in [0.2, 0.25) is 5.82 Å². The Kier molecular flexibility index (Phi) is 8.95. The molecule has 1 aliphatic rings. The summed E-state index contributed by atoms with van der Waals surface area (Å²) in [6.07, 6.45) is 5.20. The number of ether oxygens (including phenoxy) is 2. The maximum atomic E-state index is 14.7. The first-order valence-corrected chi connectivity index (χ1v) is 13.2. The summed E-state index contributed by atoms with van der Waals surface area (Å²) in [6, 6.07) is 13.5. The summed E-state index contributed by atoms with van der Waals surface area (Å²) in [5, 5.41) is 0. The smallest absolute Gasteiger partial charge is 0.454 e. The van der Waals surface area contributed by atoms with Crippen LogP contribution in [0.2, 0.25) is 0 Å². The Morgan fingerprint density at radius 3 is 1.97 bits per heavy atom. The molecule has 1 fully saturated rings. The first kappa shape index (κ1) is 27.9. The van der Waals surface area contributed by atoms with E-state index in [9.17, 15) is 22.0 Å². The lowest BCUT2D eigenvalue weighted by atomic mass is 9.78. The van der Waals surface area contributed by atoms with E-state index in [1.165, 1.54) is 56.2 Å². The van der Waals surface area contributed by atoms with Crippen molar-refractivity contribution in [2.24, 2.45) is 11.8 Å². The van der Waals surface area contributed by atoms with Gasteiger partial charge >= 0.3 is 6.36 Å². The minimum Gasteiger partial charge on any atom is -0.454 e. The van der Waals surface area contributed by atoms with Crippen LogP contribution in [0.25, 0.3) is 11.1 Å². The van der Waals surface area contributed by atoms with E-state index in [2.05, 4.69) is 11.7 Å². The van der Waals surface area contributed by atoms with Gasteiger partial charge in [0.15, 0.2) is 11.6 Å². The van der Waals surface area contributed by atoms with Crippen molar-refractivity contribution in [1.82, 2.24) is 0 Å². The number of alkyl halides is 3. The highest BCUT2D eigenvalue weighted by molar-refractivity contribution is 5.70. The topological polar surface area (TPSA) is 18.5 Å². The Morgan fingerprint density at radius 2 is 1.39 bits per heavy atom. The minimum atomic E-state index is -4.83. The minimum absolute atomic E-state index is 0.0529. The summed E-state index contributed by atoms with van der Waals surface area (Å²) in [5.74, 6) is -1.26. The predicted molar refractivity (Wildman–Crippen MR) is 138 cm³/mol. The number of halogens is 5. The van der Waals surface area contributed by atoms with Gasteiger partial charge in [0, 0.05) is 5.56 Å². The van der Waals surface area contributed by atoms with Gasteiger partial charge in [-0.2, -0.15) is 4.39 Å². The molecule has 0 radical (unpaired) electrons. The molecule has 3 aromatic rings. The summed E-state index contributed by atoms with van der Waals surface area (Å²) in [7, 11) is 0. The zero-order chi connectivity index (χ0) is 27.3. The third kappa shape index (κ3) is 7.27. The van der Waals surface area contributed by atoms with Gasteiger partial charge in [0.05, 0.1) is 0 Å². The maximum Gasteiger partial charge on any atom is 0.573 e. The molecular weight excluding hydrogens is 499 g/mol. The van der Waals surface area contributed by atoms with Crippen LogP contribution in [-0.4, -0.2) is 6.36 Å². The van der Waals surface area contributed by atoms with Gasteiger partial charge < -0.3 is 9.47 Å². The standard InChI is InChI=1S/C31H33F5O2/c1-3-4-21-5-7-22(8-6-21)9-10-23-11-13-24(14-12-23)27-19-28(32)29(33)30(20(27)2)37-25-15-17-26(18-16-25)38-31(34,35)36/h11-19,21-22H,3-10H2,1-2H3. The second kappa shape index (κ2) is 12.2. The van der Waals surface area contributed by atoms with E-state index in [1.54, 1.807) is 6.92 Å². The van der Waals surface area contributed by atoms with Crippen molar-refractivity contribution in [3.05, 3.63) is 77.4 Å². The normalized spacial score (nSPS) is 17.9. The molecule has 0 aromatic heterocycles. The number of aryl methyl sites for hydroxylation is 1. The Morgan fingerprint density at radius 1 is 0.816 bits per heavy atom. The SMILES string of the molecule is CCCC1CCC(CCc2ccc(-c3cc(F)c(F)c(Oc4ccc(OC(F)(F)F)cc4)c3C)cc2)CC1. The van der Waals surface area contributed by atoms with Crippen molar-refractivity contribution < 1.29 is 31.4 Å². The van der Waals surface area contributed by atoms with Crippen LogP contribution in [0.3, 0.4) is 0 Å². The molecule has 0 heterocycles. The highest BCUT2D eigenvalue weighted by Gasteiger charge is 2.31. The highest BCUT2D eigenvalue weighted by Crippen LogP contribution is 2.38. The average Bonchev–Trinajstić information content (AvgIpc) is 2.89. The zero-order valence-corrected chi connectivity index (χ0v) is 21.7. The van der Waals surface area contributed by atoms with E-state index in [0.29, 0.717) is 11.1 Å². The molecule has 204 valence electrons. The molecule has 0 N–H and O–H groups in total. The number of benzene rings is 3. The molecular formula is C31H33F5O2. The Balaban J connectivity index is 1.44. The Bertz CT molecular complexity index is 1190. The monoisotopic (exact) mass is 532 g/mol. The molecule has 4 rings (SSSR count). The number of hydrogen-bond donors (Lipinski definition) is 0. The van der Waals surface area contributed by atoms with Gasteiger partial charge in [-0.05, 0) is 78.6 Å². The molecule has 1 aliphatic carbocycles. The fraction of sp³-hybridized carbons (Fsp3) is 0.419. The molecule has 1 saturated carbocycles. The van der Waals surface area contributed by atoms with Gasteiger partial charge in [-0.1, -0.05) is 69.7 Å². The van der Waals surface area contributed by atoms with E-state index < -0.39 is 23.7 Å².